The molecule has 17 heavy (non-hydrogen) atoms. The van der Waals surface area contributed by atoms with Crippen LogP contribution in [0, 0.1) is 0 Å². The van der Waals surface area contributed by atoms with E-state index in [1.54, 1.807) is 7.05 Å². The Kier molecular flexibility index (Phi) is 4.38. The van der Waals surface area contributed by atoms with E-state index in [9.17, 15) is 10.0 Å². The minimum Gasteiger partial charge on any atom is -0.444 e. The van der Waals surface area contributed by atoms with Gasteiger partial charge in [0.2, 0.25) is 0 Å². The molecule has 0 spiro atoms. The van der Waals surface area contributed by atoms with Crippen molar-refractivity contribution in [3.05, 3.63) is 0 Å². The summed E-state index contributed by atoms with van der Waals surface area (Å²) in [6, 6.07) is 0. The number of hydroxylamine groups is 2. The van der Waals surface area contributed by atoms with Crippen molar-refractivity contribution in [3.63, 3.8) is 0 Å². The first kappa shape index (κ1) is 14.3. The predicted octanol–water partition coefficient (Wildman–Crippen LogP) is 2.14. The Morgan fingerprint density at radius 1 is 1.41 bits per heavy atom. The van der Waals surface area contributed by atoms with E-state index in [0.29, 0.717) is 6.54 Å². The lowest BCUT2D eigenvalue weighted by molar-refractivity contribution is -0.0837. The largest absolute Gasteiger partial charge is 0.444 e. The van der Waals surface area contributed by atoms with Gasteiger partial charge in [0.25, 0.3) is 0 Å². The molecule has 1 fully saturated rings. The molecule has 0 heterocycles. The van der Waals surface area contributed by atoms with Crippen molar-refractivity contribution in [1.29, 1.82) is 0 Å². The first-order valence-corrected chi connectivity index (χ1v) is 6.14. The summed E-state index contributed by atoms with van der Waals surface area (Å²) in [5.41, 5.74) is -0.833. The van der Waals surface area contributed by atoms with E-state index in [1.807, 2.05) is 20.8 Å². The van der Waals surface area contributed by atoms with Gasteiger partial charge in [0.05, 0.1) is 5.54 Å². The summed E-state index contributed by atoms with van der Waals surface area (Å²) in [6.45, 7) is 5.95. The number of hydrogen-bond donors (Lipinski definition) is 2. The van der Waals surface area contributed by atoms with E-state index < -0.39 is 11.7 Å². The molecule has 0 aromatic rings. The molecule has 1 aliphatic carbocycles. The summed E-state index contributed by atoms with van der Waals surface area (Å²) in [7, 11) is 1.59. The highest BCUT2D eigenvalue weighted by Gasteiger charge is 2.37. The van der Waals surface area contributed by atoms with E-state index in [0.717, 1.165) is 30.7 Å². The molecular formula is C12H24N2O3. The van der Waals surface area contributed by atoms with Crippen molar-refractivity contribution < 1.29 is 14.7 Å². The third-order valence-corrected chi connectivity index (χ3v) is 2.86. The summed E-state index contributed by atoms with van der Waals surface area (Å²) in [5, 5.41) is 13.4. The predicted molar refractivity (Wildman–Crippen MR) is 65.0 cm³/mol. The van der Waals surface area contributed by atoms with Gasteiger partial charge in [-0.2, -0.15) is 5.06 Å². The van der Waals surface area contributed by atoms with E-state index >= 15 is 0 Å². The number of nitrogens with zero attached hydrogens (tertiary/aromatic N) is 1. The van der Waals surface area contributed by atoms with Gasteiger partial charge in [0.15, 0.2) is 0 Å². The lowest BCUT2D eigenvalue weighted by Crippen LogP contribution is -2.53. The molecule has 0 atom stereocenters. The van der Waals surface area contributed by atoms with Crippen LogP contribution in [-0.4, -0.2) is 41.1 Å². The summed E-state index contributed by atoms with van der Waals surface area (Å²) in [4.78, 5) is 11.8. The van der Waals surface area contributed by atoms with Gasteiger partial charge >= 0.3 is 6.09 Å². The van der Waals surface area contributed by atoms with Crippen molar-refractivity contribution >= 4 is 6.09 Å². The maximum absolute atomic E-state index is 11.8. The SMILES string of the molecule is CN(O)CC1(NC(=O)OC(C)(C)C)CCCC1. The molecule has 2 N–H and O–H groups in total. The van der Waals surface area contributed by atoms with Crippen molar-refractivity contribution in [1.82, 2.24) is 10.4 Å². The fourth-order valence-corrected chi connectivity index (χ4v) is 2.33. The zero-order valence-electron chi connectivity index (χ0n) is 11.2. The smallest absolute Gasteiger partial charge is 0.408 e. The molecule has 5 heteroatoms. The van der Waals surface area contributed by atoms with Gasteiger partial charge in [0.1, 0.15) is 5.60 Å². The molecule has 0 aromatic carbocycles. The number of alkyl carbamates (subject to hydrolysis) is 1. The summed E-state index contributed by atoms with van der Waals surface area (Å²) >= 11 is 0. The number of likely N-dealkylation sites (N-methyl/N-ethyl adjacent to an activating group) is 1. The third kappa shape index (κ3) is 4.91. The normalized spacial score (nSPS) is 19.4. The van der Waals surface area contributed by atoms with Crippen LogP contribution in [0.1, 0.15) is 46.5 Å². The zero-order valence-corrected chi connectivity index (χ0v) is 11.2. The Morgan fingerprint density at radius 3 is 2.35 bits per heavy atom. The highest BCUT2D eigenvalue weighted by molar-refractivity contribution is 5.69. The van der Waals surface area contributed by atoms with Crippen molar-refractivity contribution in [2.24, 2.45) is 0 Å². The number of carbonyl (C=O) groups excluding carboxylic acids is 1. The van der Waals surface area contributed by atoms with Gasteiger partial charge in [-0.15, -0.1) is 0 Å². The molecule has 0 radical (unpaired) electrons. The van der Waals surface area contributed by atoms with Gasteiger partial charge in [0, 0.05) is 13.6 Å². The number of hydrogen-bond acceptors (Lipinski definition) is 4. The number of rotatable bonds is 3. The number of amides is 1. The van der Waals surface area contributed by atoms with Gasteiger partial charge < -0.3 is 15.3 Å². The van der Waals surface area contributed by atoms with Crippen LogP contribution in [-0.2, 0) is 4.74 Å². The van der Waals surface area contributed by atoms with Crippen LogP contribution in [0.25, 0.3) is 0 Å². The van der Waals surface area contributed by atoms with Crippen molar-refractivity contribution in [2.75, 3.05) is 13.6 Å². The molecule has 100 valence electrons. The molecule has 0 aromatic heterocycles. The third-order valence-electron chi connectivity index (χ3n) is 2.86. The van der Waals surface area contributed by atoms with Crippen LogP contribution in [0.3, 0.4) is 0 Å². The molecular weight excluding hydrogens is 220 g/mol. The summed E-state index contributed by atoms with van der Waals surface area (Å²) in [6.07, 6.45) is 3.52. The van der Waals surface area contributed by atoms with Gasteiger partial charge in [-0.3, -0.25) is 0 Å². The molecule has 0 saturated heterocycles. The molecule has 5 nitrogen and oxygen atoms in total. The summed E-state index contributed by atoms with van der Waals surface area (Å²) in [5.74, 6) is 0. The molecule has 0 bridgehead atoms. The van der Waals surface area contributed by atoms with Crippen LogP contribution in [0.5, 0.6) is 0 Å². The summed E-state index contributed by atoms with van der Waals surface area (Å²) < 4.78 is 5.26. The first-order valence-electron chi connectivity index (χ1n) is 6.14. The van der Waals surface area contributed by atoms with Crippen LogP contribution in [0.4, 0.5) is 4.79 Å². The zero-order chi connectivity index (χ0) is 13.1. The van der Waals surface area contributed by atoms with Crippen LogP contribution < -0.4 is 5.32 Å². The van der Waals surface area contributed by atoms with E-state index in [2.05, 4.69) is 5.32 Å². The Balaban J connectivity index is 2.58. The minimum atomic E-state index is -0.491. The quantitative estimate of drug-likeness (QED) is 0.747. The van der Waals surface area contributed by atoms with Gasteiger partial charge in [-0.05, 0) is 33.6 Å². The Hall–Kier alpha value is -0.810. The highest BCUT2D eigenvalue weighted by atomic mass is 16.6. The van der Waals surface area contributed by atoms with Crippen LogP contribution >= 0.6 is 0 Å². The first-order chi connectivity index (χ1) is 7.72. The second-order valence-corrected chi connectivity index (χ2v) is 5.93. The molecule has 1 amide bonds. The lowest BCUT2D eigenvalue weighted by Gasteiger charge is -2.33. The topological polar surface area (TPSA) is 61.8 Å². The number of nitrogens with one attached hydrogen (secondary N) is 1. The Labute approximate surface area is 103 Å². The maximum atomic E-state index is 11.8. The van der Waals surface area contributed by atoms with Gasteiger partial charge in [-0.1, -0.05) is 12.8 Å². The van der Waals surface area contributed by atoms with Gasteiger partial charge in [-0.25, -0.2) is 4.79 Å². The van der Waals surface area contributed by atoms with Crippen molar-refractivity contribution in [2.45, 2.75) is 57.6 Å². The van der Waals surface area contributed by atoms with Crippen LogP contribution in [0.2, 0.25) is 0 Å². The fourth-order valence-electron chi connectivity index (χ4n) is 2.33. The second-order valence-electron chi connectivity index (χ2n) is 5.93. The molecule has 1 aliphatic rings. The maximum Gasteiger partial charge on any atom is 0.408 e. The Morgan fingerprint density at radius 2 is 1.94 bits per heavy atom. The molecule has 1 saturated carbocycles. The van der Waals surface area contributed by atoms with E-state index in [1.165, 1.54) is 0 Å². The monoisotopic (exact) mass is 244 g/mol. The molecule has 0 aliphatic heterocycles. The standard InChI is InChI=1S/C12H24N2O3/c1-11(2,3)17-10(15)13-12(9-14(4)16)7-5-6-8-12/h16H,5-9H2,1-4H3,(H,13,15). The van der Waals surface area contributed by atoms with E-state index in [4.69, 9.17) is 4.74 Å². The molecule has 1 rings (SSSR count). The fraction of sp³-hybridized carbons (Fsp3) is 0.917. The van der Waals surface area contributed by atoms with Crippen molar-refractivity contribution in [3.8, 4) is 0 Å². The number of ether oxygens (including phenoxy) is 1. The number of carbonyl (C=O) groups is 1. The average Bonchev–Trinajstić information content (AvgIpc) is 2.47. The molecule has 0 unspecified atom stereocenters. The minimum absolute atomic E-state index is 0.341. The lowest BCUT2D eigenvalue weighted by atomic mass is 9.98. The highest BCUT2D eigenvalue weighted by Crippen LogP contribution is 2.30. The van der Waals surface area contributed by atoms with Crippen LogP contribution in [0.15, 0.2) is 0 Å². The second kappa shape index (κ2) is 5.23. The Bertz CT molecular complexity index is 265. The van der Waals surface area contributed by atoms with E-state index in [-0.39, 0.29) is 5.54 Å². The average molecular weight is 244 g/mol.